The van der Waals surface area contributed by atoms with Gasteiger partial charge in [-0.25, -0.2) is 9.07 Å². The maximum atomic E-state index is 13.2. The van der Waals surface area contributed by atoms with Crippen molar-refractivity contribution in [1.29, 1.82) is 0 Å². The molecule has 0 radical (unpaired) electrons. The second-order valence-electron chi connectivity index (χ2n) is 9.04. The summed E-state index contributed by atoms with van der Waals surface area (Å²) in [6, 6.07) is 6.66. The minimum atomic E-state index is -0.264. The second-order valence-corrected chi connectivity index (χ2v) is 9.04. The largest absolute Gasteiger partial charge is 0.353 e. The molecule has 5 heteroatoms. The third-order valence-corrected chi connectivity index (χ3v) is 7.62. The van der Waals surface area contributed by atoms with E-state index in [0.29, 0.717) is 18.4 Å². The van der Waals surface area contributed by atoms with Crippen LogP contribution in [0.5, 0.6) is 0 Å². The van der Waals surface area contributed by atoms with Gasteiger partial charge in [-0.05, 0) is 87.5 Å². The molecule has 5 rings (SSSR count). The highest BCUT2D eigenvalue weighted by Crippen LogP contribution is 2.58. The fourth-order valence-electron chi connectivity index (χ4n) is 6.42. The first-order chi connectivity index (χ1) is 13.5. The van der Waals surface area contributed by atoms with Crippen LogP contribution >= 0.6 is 0 Å². The number of hydrogen-bond acceptors (Lipinski definition) is 2. The fourth-order valence-corrected chi connectivity index (χ4v) is 6.42. The normalized spacial score (nSPS) is 30.6. The SMILES string of the molecule is Cc1nn(-c2ccc(F)cc2)c(C)c1CC(=O)N[C@@H]1C[C@@H]2C[C@@H]1[C@@H]1CCC[C@@H]21. The van der Waals surface area contributed by atoms with Crippen molar-refractivity contribution in [3.8, 4) is 5.69 Å². The van der Waals surface area contributed by atoms with Gasteiger partial charge in [0, 0.05) is 17.3 Å². The molecule has 0 unspecified atom stereocenters. The smallest absolute Gasteiger partial charge is 0.224 e. The summed E-state index contributed by atoms with van der Waals surface area (Å²) < 4.78 is 15.0. The maximum Gasteiger partial charge on any atom is 0.224 e. The van der Waals surface area contributed by atoms with Crippen molar-refractivity contribution < 1.29 is 9.18 Å². The van der Waals surface area contributed by atoms with E-state index in [-0.39, 0.29) is 11.7 Å². The highest BCUT2D eigenvalue weighted by atomic mass is 19.1. The molecule has 148 valence electrons. The summed E-state index contributed by atoms with van der Waals surface area (Å²) in [4.78, 5) is 12.8. The lowest BCUT2D eigenvalue weighted by Crippen LogP contribution is -2.43. The highest BCUT2D eigenvalue weighted by Gasteiger charge is 2.53. The lowest BCUT2D eigenvalue weighted by molar-refractivity contribution is -0.121. The molecule has 3 aliphatic rings. The zero-order valence-electron chi connectivity index (χ0n) is 16.6. The molecule has 0 spiro atoms. The minimum Gasteiger partial charge on any atom is -0.353 e. The molecule has 1 aromatic carbocycles. The van der Waals surface area contributed by atoms with Crippen LogP contribution in [0.15, 0.2) is 24.3 Å². The Morgan fingerprint density at radius 1 is 1.14 bits per heavy atom. The van der Waals surface area contributed by atoms with Crippen molar-refractivity contribution in [2.45, 2.75) is 58.4 Å². The molecule has 1 N–H and O–H groups in total. The molecule has 0 saturated heterocycles. The van der Waals surface area contributed by atoms with Crippen molar-refractivity contribution in [1.82, 2.24) is 15.1 Å². The molecule has 3 saturated carbocycles. The number of amides is 1. The van der Waals surface area contributed by atoms with Crippen LogP contribution in [0.25, 0.3) is 5.69 Å². The van der Waals surface area contributed by atoms with Crippen molar-refractivity contribution in [3.63, 3.8) is 0 Å². The van der Waals surface area contributed by atoms with Crippen LogP contribution in [0, 0.1) is 43.3 Å². The molecule has 4 nitrogen and oxygen atoms in total. The predicted octanol–water partition coefficient (Wildman–Crippen LogP) is 4.11. The number of nitrogens with one attached hydrogen (secondary N) is 1. The van der Waals surface area contributed by atoms with Gasteiger partial charge in [0.15, 0.2) is 0 Å². The number of aromatic nitrogens is 2. The number of rotatable bonds is 4. The maximum absolute atomic E-state index is 13.2. The van der Waals surface area contributed by atoms with Gasteiger partial charge in [-0.3, -0.25) is 4.79 Å². The Hall–Kier alpha value is -2.17. The number of carbonyl (C=O) groups is 1. The Balaban J connectivity index is 1.29. The summed E-state index contributed by atoms with van der Waals surface area (Å²) in [7, 11) is 0. The van der Waals surface area contributed by atoms with Gasteiger partial charge < -0.3 is 5.32 Å². The lowest BCUT2D eigenvalue weighted by atomic mass is 9.79. The molecule has 5 atom stereocenters. The number of nitrogens with zero attached hydrogens (tertiary/aromatic N) is 2. The Bertz CT molecular complexity index is 903. The number of carbonyl (C=O) groups excluding carboxylic acids is 1. The molecule has 0 aliphatic heterocycles. The van der Waals surface area contributed by atoms with Crippen LogP contribution in [-0.4, -0.2) is 21.7 Å². The van der Waals surface area contributed by atoms with Gasteiger partial charge in [0.05, 0.1) is 17.8 Å². The summed E-state index contributed by atoms with van der Waals surface area (Å²) in [5.41, 5.74) is 3.60. The Morgan fingerprint density at radius 2 is 1.89 bits per heavy atom. The van der Waals surface area contributed by atoms with Crippen molar-refractivity contribution in [2.75, 3.05) is 0 Å². The number of hydrogen-bond donors (Lipinski definition) is 1. The number of fused-ring (bicyclic) bond motifs is 5. The molecule has 3 aliphatic carbocycles. The van der Waals surface area contributed by atoms with Crippen LogP contribution in [0.3, 0.4) is 0 Å². The average Bonchev–Trinajstić information content (AvgIpc) is 3.41. The van der Waals surface area contributed by atoms with Crippen LogP contribution in [0.1, 0.15) is 49.1 Å². The molecule has 1 aromatic heterocycles. The number of benzene rings is 1. The molecular weight excluding hydrogens is 353 g/mol. The Morgan fingerprint density at radius 3 is 2.68 bits per heavy atom. The van der Waals surface area contributed by atoms with Crippen LogP contribution in [-0.2, 0) is 11.2 Å². The molecule has 2 aromatic rings. The van der Waals surface area contributed by atoms with E-state index < -0.39 is 0 Å². The van der Waals surface area contributed by atoms with Gasteiger partial charge >= 0.3 is 0 Å². The van der Waals surface area contributed by atoms with E-state index in [1.54, 1.807) is 16.8 Å². The zero-order valence-corrected chi connectivity index (χ0v) is 16.6. The van der Waals surface area contributed by atoms with E-state index in [1.165, 1.54) is 44.2 Å². The van der Waals surface area contributed by atoms with Gasteiger partial charge in [-0.1, -0.05) is 6.42 Å². The summed E-state index contributed by atoms with van der Waals surface area (Å²) in [5.74, 6) is 3.18. The highest BCUT2D eigenvalue weighted by molar-refractivity contribution is 5.79. The number of aryl methyl sites for hydroxylation is 1. The first kappa shape index (κ1) is 17.9. The summed E-state index contributed by atoms with van der Waals surface area (Å²) in [6.07, 6.45) is 7.00. The lowest BCUT2D eigenvalue weighted by Gasteiger charge is -2.32. The third kappa shape index (κ3) is 2.87. The molecule has 2 bridgehead atoms. The summed E-state index contributed by atoms with van der Waals surface area (Å²) >= 11 is 0. The minimum absolute atomic E-state index is 0.108. The summed E-state index contributed by atoms with van der Waals surface area (Å²) in [5, 5.41) is 7.95. The van der Waals surface area contributed by atoms with E-state index in [4.69, 9.17) is 0 Å². The van der Waals surface area contributed by atoms with Gasteiger partial charge in [-0.2, -0.15) is 5.10 Å². The standard InChI is InChI=1S/C23H28FN3O/c1-13-20(14(2)27(26-13)17-8-6-16(24)7-9-17)12-23(28)25-22-11-15-10-21(22)19-5-3-4-18(15)19/h6-9,15,18-19,21-22H,3-5,10-12H2,1-2H3,(H,25,28)/t15-,18-,19+,21+,22+/m0/s1. The van der Waals surface area contributed by atoms with Gasteiger partial charge in [-0.15, -0.1) is 0 Å². The van der Waals surface area contributed by atoms with Crippen LogP contribution in [0.4, 0.5) is 4.39 Å². The Kier molecular flexibility index (Phi) is 4.29. The van der Waals surface area contributed by atoms with E-state index >= 15 is 0 Å². The predicted molar refractivity (Wildman–Crippen MR) is 106 cm³/mol. The quantitative estimate of drug-likeness (QED) is 0.866. The topological polar surface area (TPSA) is 46.9 Å². The van der Waals surface area contributed by atoms with E-state index in [0.717, 1.165) is 40.4 Å². The fraction of sp³-hybridized carbons (Fsp3) is 0.565. The number of halogens is 1. The van der Waals surface area contributed by atoms with Gasteiger partial charge in [0.1, 0.15) is 5.82 Å². The van der Waals surface area contributed by atoms with E-state index in [2.05, 4.69) is 10.4 Å². The summed E-state index contributed by atoms with van der Waals surface area (Å²) in [6.45, 7) is 3.92. The first-order valence-corrected chi connectivity index (χ1v) is 10.6. The van der Waals surface area contributed by atoms with Crippen LogP contribution in [0.2, 0.25) is 0 Å². The zero-order chi connectivity index (χ0) is 19.4. The van der Waals surface area contributed by atoms with E-state index in [9.17, 15) is 9.18 Å². The van der Waals surface area contributed by atoms with Crippen molar-refractivity contribution in [2.24, 2.45) is 23.7 Å². The first-order valence-electron chi connectivity index (χ1n) is 10.6. The Labute approximate surface area is 165 Å². The van der Waals surface area contributed by atoms with Gasteiger partial charge in [0.25, 0.3) is 0 Å². The second kappa shape index (κ2) is 6.71. The molecular formula is C23H28FN3O. The molecule has 28 heavy (non-hydrogen) atoms. The third-order valence-electron chi connectivity index (χ3n) is 7.62. The van der Waals surface area contributed by atoms with Gasteiger partial charge in [0.2, 0.25) is 5.91 Å². The molecule has 3 fully saturated rings. The van der Waals surface area contributed by atoms with E-state index in [1.807, 2.05) is 13.8 Å². The molecule has 1 amide bonds. The van der Waals surface area contributed by atoms with Crippen molar-refractivity contribution >= 4 is 5.91 Å². The van der Waals surface area contributed by atoms with Crippen molar-refractivity contribution in [3.05, 3.63) is 47.0 Å². The molecule has 1 heterocycles. The van der Waals surface area contributed by atoms with Crippen LogP contribution < -0.4 is 5.32 Å². The monoisotopic (exact) mass is 381 g/mol. The average molecular weight is 381 g/mol.